The highest BCUT2D eigenvalue weighted by Crippen LogP contribution is 2.32. The van der Waals surface area contributed by atoms with Gasteiger partial charge in [0.15, 0.2) is 0 Å². The van der Waals surface area contributed by atoms with Gasteiger partial charge in [0.05, 0.1) is 11.6 Å². The summed E-state index contributed by atoms with van der Waals surface area (Å²) in [6.45, 7) is 6.66. The molecule has 146 valence electrons. The van der Waals surface area contributed by atoms with E-state index in [4.69, 9.17) is 16.4 Å². The van der Waals surface area contributed by atoms with Gasteiger partial charge in [-0.05, 0) is 39.7 Å². The van der Waals surface area contributed by atoms with Crippen molar-refractivity contribution >= 4 is 29.1 Å². The van der Waals surface area contributed by atoms with Crippen molar-refractivity contribution in [2.75, 3.05) is 13.1 Å². The van der Waals surface area contributed by atoms with Crippen molar-refractivity contribution in [2.45, 2.75) is 51.7 Å². The van der Waals surface area contributed by atoms with Crippen LogP contribution in [0.3, 0.4) is 0 Å². The van der Waals surface area contributed by atoms with E-state index in [1.807, 2.05) is 32.0 Å². The predicted molar refractivity (Wildman–Crippen MR) is 105 cm³/mol. The van der Waals surface area contributed by atoms with Gasteiger partial charge in [-0.15, -0.1) is 0 Å². The highest BCUT2D eigenvalue weighted by Gasteiger charge is 2.46. The number of halogens is 1. The van der Waals surface area contributed by atoms with Crippen LogP contribution in [0.5, 0.6) is 0 Å². The van der Waals surface area contributed by atoms with Crippen LogP contribution in [0.25, 0.3) is 0 Å². The molecule has 27 heavy (non-hydrogen) atoms. The van der Waals surface area contributed by atoms with Crippen LogP contribution in [-0.4, -0.2) is 47.2 Å². The van der Waals surface area contributed by atoms with Crippen molar-refractivity contribution in [3.05, 3.63) is 34.9 Å². The van der Waals surface area contributed by atoms with E-state index in [0.717, 1.165) is 18.4 Å². The first-order valence-corrected chi connectivity index (χ1v) is 9.77. The third-order valence-corrected chi connectivity index (χ3v) is 5.34. The van der Waals surface area contributed by atoms with E-state index < -0.39 is 5.60 Å². The number of nitrogens with one attached hydrogen (secondary N) is 1. The minimum atomic E-state index is -1.06. The minimum absolute atomic E-state index is 0.00741. The summed E-state index contributed by atoms with van der Waals surface area (Å²) in [6, 6.07) is 7.48. The van der Waals surface area contributed by atoms with Crippen LogP contribution in [0.15, 0.2) is 29.4 Å². The first kappa shape index (κ1) is 19.7. The molecule has 0 spiro atoms. The number of hydrogen-bond donors (Lipinski definition) is 1. The quantitative estimate of drug-likeness (QED) is 0.857. The molecule has 1 aromatic carbocycles. The highest BCUT2D eigenvalue weighted by atomic mass is 35.5. The van der Waals surface area contributed by atoms with Crippen molar-refractivity contribution in [3.8, 4) is 0 Å². The third kappa shape index (κ3) is 4.26. The van der Waals surface area contributed by atoms with Crippen LogP contribution in [-0.2, 0) is 14.4 Å². The lowest BCUT2D eigenvalue weighted by molar-refractivity contribution is -0.155. The molecule has 7 heteroatoms. The third-order valence-electron chi connectivity index (χ3n) is 5.01. The number of amides is 2. The monoisotopic (exact) mass is 391 g/mol. The van der Waals surface area contributed by atoms with Crippen molar-refractivity contribution in [1.82, 2.24) is 10.2 Å². The Morgan fingerprint density at radius 1 is 1.37 bits per heavy atom. The fourth-order valence-electron chi connectivity index (χ4n) is 3.61. The zero-order chi connectivity index (χ0) is 19.6. The summed E-state index contributed by atoms with van der Waals surface area (Å²) in [4.78, 5) is 32.8. The van der Waals surface area contributed by atoms with E-state index in [0.29, 0.717) is 30.2 Å². The van der Waals surface area contributed by atoms with Crippen LogP contribution < -0.4 is 5.32 Å². The lowest BCUT2D eigenvalue weighted by Crippen LogP contribution is -2.53. The summed E-state index contributed by atoms with van der Waals surface area (Å²) >= 11 is 6.24. The molecule has 6 nitrogen and oxygen atoms in total. The van der Waals surface area contributed by atoms with Crippen molar-refractivity contribution in [2.24, 2.45) is 11.1 Å². The maximum Gasteiger partial charge on any atom is 0.269 e. The SMILES string of the molecule is CC(C)NC(=O)[C@@H]1CCCN(C(=O)[C@]2(C)CC(c3ccccc3Cl)=NO2)C1. The molecule has 0 unspecified atom stereocenters. The molecule has 0 bridgehead atoms. The molecule has 2 atom stereocenters. The first-order valence-electron chi connectivity index (χ1n) is 9.40. The summed E-state index contributed by atoms with van der Waals surface area (Å²) in [5, 5.41) is 7.66. The molecule has 0 radical (unpaired) electrons. The average molecular weight is 392 g/mol. The van der Waals surface area contributed by atoms with E-state index in [1.165, 1.54) is 0 Å². The number of carbonyl (C=O) groups excluding carboxylic acids is 2. The number of carbonyl (C=O) groups is 2. The van der Waals surface area contributed by atoms with Gasteiger partial charge >= 0.3 is 0 Å². The number of rotatable bonds is 4. The number of piperidine rings is 1. The molecule has 1 aromatic rings. The second-order valence-corrected chi connectivity index (χ2v) is 8.18. The van der Waals surface area contributed by atoms with Crippen LogP contribution in [0.2, 0.25) is 5.02 Å². The van der Waals surface area contributed by atoms with Crippen molar-refractivity contribution in [3.63, 3.8) is 0 Å². The predicted octanol–water partition coefficient (Wildman–Crippen LogP) is 2.99. The second-order valence-electron chi connectivity index (χ2n) is 7.77. The molecular weight excluding hydrogens is 366 g/mol. The average Bonchev–Trinajstić information content (AvgIpc) is 3.04. The van der Waals surface area contributed by atoms with Gasteiger partial charge in [-0.1, -0.05) is 35.0 Å². The van der Waals surface area contributed by atoms with Gasteiger partial charge in [-0.2, -0.15) is 0 Å². The fraction of sp³-hybridized carbons (Fsp3) is 0.550. The molecule has 2 heterocycles. The van der Waals surface area contributed by atoms with Crippen LogP contribution in [0.4, 0.5) is 0 Å². The standard InChI is InChI=1S/C20H26ClN3O3/c1-13(2)22-18(25)14-7-6-10-24(12-14)19(26)20(3)11-17(23-27-20)15-8-4-5-9-16(15)21/h4-5,8-9,13-14H,6-7,10-12H2,1-3H3,(H,22,25)/t14-,20+/m1/s1. The molecule has 3 rings (SSSR count). The number of likely N-dealkylation sites (tertiary alicyclic amines) is 1. The van der Waals surface area contributed by atoms with Gasteiger partial charge in [0, 0.05) is 36.1 Å². The van der Waals surface area contributed by atoms with E-state index in [1.54, 1.807) is 17.9 Å². The molecule has 1 N–H and O–H groups in total. The highest BCUT2D eigenvalue weighted by molar-refractivity contribution is 6.34. The summed E-state index contributed by atoms with van der Waals surface area (Å²) in [5.41, 5.74) is 0.386. The topological polar surface area (TPSA) is 71.0 Å². The zero-order valence-electron chi connectivity index (χ0n) is 16.0. The summed E-state index contributed by atoms with van der Waals surface area (Å²) in [5.74, 6) is -0.303. The Morgan fingerprint density at radius 2 is 2.11 bits per heavy atom. The number of hydrogen-bond acceptors (Lipinski definition) is 4. The maximum absolute atomic E-state index is 13.1. The van der Waals surface area contributed by atoms with Gasteiger partial charge < -0.3 is 15.1 Å². The largest absolute Gasteiger partial charge is 0.379 e. The second kappa shape index (κ2) is 7.89. The molecule has 1 saturated heterocycles. The number of benzene rings is 1. The number of oxime groups is 1. The van der Waals surface area contributed by atoms with Gasteiger partial charge in [-0.25, -0.2) is 0 Å². The Kier molecular flexibility index (Phi) is 5.75. The first-order chi connectivity index (χ1) is 12.8. The molecular formula is C20H26ClN3O3. The molecule has 1 fully saturated rings. The lowest BCUT2D eigenvalue weighted by atomic mass is 9.91. The Bertz CT molecular complexity index is 765. The minimum Gasteiger partial charge on any atom is -0.379 e. The lowest BCUT2D eigenvalue weighted by Gasteiger charge is -2.36. The normalized spacial score (nSPS) is 25.1. The molecule has 0 aliphatic carbocycles. The Balaban J connectivity index is 1.67. The Hall–Kier alpha value is -2.08. The van der Waals surface area contributed by atoms with Gasteiger partial charge in [0.2, 0.25) is 11.5 Å². The van der Waals surface area contributed by atoms with E-state index in [-0.39, 0.29) is 23.8 Å². The fourth-order valence-corrected chi connectivity index (χ4v) is 3.85. The zero-order valence-corrected chi connectivity index (χ0v) is 16.8. The molecule has 0 saturated carbocycles. The molecule has 0 aromatic heterocycles. The van der Waals surface area contributed by atoms with E-state index in [2.05, 4.69) is 10.5 Å². The molecule has 2 aliphatic heterocycles. The summed E-state index contributed by atoms with van der Waals surface area (Å²) < 4.78 is 0. The smallest absolute Gasteiger partial charge is 0.269 e. The van der Waals surface area contributed by atoms with Gasteiger partial charge in [0.25, 0.3) is 5.91 Å². The number of nitrogens with zero attached hydrogens (tertiary/aromatic N) is 2. The maximum atomic E-state index is 13.1. The Morgan fingerprint density at radius 3 is 2.81 bits per heavy atom. The Labute approximate surface area is 164 Å². The van der Waals surface area contributed by atoms with Crippen LogP contribution >= 0.6 is 11.6 Å². The van der Waals surface area contributed by atoms with E-state index in [9.17, 15) is 9.59 Å². The molecule has 2 amide bonds. The van der Waals surface area contributed by atoms with Crippen molar-refractivity contribution in [1.29, 1.82) is 0 Å². The molecule has 2 aliphatic rings. The van der Waals surface area contributed by atoms with Crippen LogP contribution in [0, 0.1) is 5.92 Å². The van der Waals surface area contributed by atoms with Gasteiger partial charge in [-0.3, -0.25) is 9.59 Å². The summed E-state index contributed by atoms with van der Waals surface area (Å²) in [7, 11) is 0. The van der Waals surface area contributed by atoms with E-state index >= 15 is 0 Å². The van der Waals surface area contributed by atoms with Crippen LogP contribution in [0.1, 0.15) is 45.6 Å². The summed E-state index contributed by atoms with van der Waals surface area (Å²) in [6.07, 6.45) is 1.95. The van der Waals surface area contributed by atoms with Gasteiger partial charge in [0.1, 0.15) is 0 Å². The van der Waals surface area contributed by atoms with Crippen molar-refractivity contribution < 1.29 is 14.4 Å².